The second-order valence-corrected chi connectivity index (χ2v) is 5.44. The lowest BCUT2D eigenvalue weighted by molar-refractivity contribution is 0.0679. The SMILES string of the molecule is O=C(Nc1ccccc1O)c1ccc(OCC2CCCO2)cc1. The summed E-state index contributed by atoms with van der Waals surface area (Å²) in [6.45, 7) is 1.34. The van der Waals surface area contributed by atoms with Gasteiger partial charge < -0.3 is 19.9 Å². The molecule has 1 amide bonds. The van der Waals surface area contributed by atoms with Crippen molar-refractivity contribution in [3.63, 3.8) is 0 Å². The molecule has 2 aromatic rings. The van der Waals surface area contributed by atoms with Gasteiger partial charge in [-0.05, 0) is 49.2 Å². The number of carbonyl (C=O) groups is 1. The second-order valence-electron chi connectivity index (χ2n) is 5.44. The van der Waals surface area contributed by atoms with E-state index in [2.05, 4.69) is 5.32 Å². The number of phenolic OH excluding ortho intramolecular Hbond substituents is 1. The van der Waals surface area contributed by atoms with Crippen LogP contribution < -0.4 is 10.1 Å². The minimum Gasteiger partial charge on any atom is -0.506 e. The summed E-state index contributed by atoms with van der Waals surface area (Å²) >= 11 is 0. The molecule has 5 nitrogen and oxygen atoms in total. The number of hydrogen-bond donors (Lipinski definition) is 2. The molecule has 1 unspecified atom stereocenters. The zero-order valence-electron chi connectivity index (χ0n) is 12.7. The van der Waals surface area contributed by atoms with Gasteiger partial charge in [-0.15, -0.1) is 0 Å². The smallest absolute Gasteiger partial charge is 0.255 e. The van der Waals surface area contributed by atoms with Gasteiger partial charge in [-0.1, -0.05) is 12.1 Å². The average Bonchev–Trinajstić information content (AvgIpc) is 3.09. The molecule has 3 rings (SSSR count). The highest BCUT2D eigenvalue weighted by atomic mass is 16.5. The van der Waals surface area contributed by atoms with Crippen molar-refractivity contribution < 1.29 is 19.4 Å². The summed E-state index contributed by atoms with van der Waals surface area (Å²) in [4.78, 5) is 12.2. The van der Waals surface area contributed by atoms with Gasteiger partial charge in [-0.2, -0.15) is 0 Å². The number of hydrogen-bond acceptors (Lipinski definition) is 4. The van der Waals surface area contributed by atoms with Crippen LogP contribution in [0.15, 0.2) is 48.5 Å². The third-order valence-electron chi connectivity index (χ3n) is 3.73. The number of amides is 1. The Morgan fingerprint density at radius 1 is 1.22 bits per heavy atom. The van der Waals surface area contributed by atoms with E-state index in [1.165, 1.54) is 6.07 Å². The molecule has 1 atom stereocenters. The largest absolute Gasteiger partial charge is 0.506 e. The lowest BCUT2D eigenvalue weighted by Crippen LogP contribution is -2.16. The van der Waals surface area contributed by atoms with E-state index in [9.17, 15) is 9.90 Å². The van der Waals surface area contributed by atoms with Gasteiger partial charge >= 0.3 is 0 Å². The first-order valence-electron chi connectivity index (χ1n) is 7.66. The zero-order valence-corrected chi connectivity index (χ0v) is 12.7. The molecule has 0 radical (unpaired) electrons. The molecular weight excluding hydrogens is 294 g/mol. The highest BCUT2D eigenvalue weighted by Gasteiger charge is 2.16. The average molecular weight is 313 g/mol. The fourth-order valence-corrected chi connectivity index (χ4v) is 2.44. The molecule has 2 aromatic carbocycles. The monoisotopic (exact) mass is 313 g/mol. The maximum Gasteiger partial charge on any atom is 0.255 e. The quantitative estimate of drug-likeness (QED) is 0.832. The van der Waals surface area contributed by atoms with E-state index in [0.29, 0.717) is 23.6 Å². The Morgan fingerprint density at radius 3 is 2.70 bits per heavy atom. The van der Waals surface area contributed by atoms with Gasteiger partial charge in [0.25, 0.3) is 5.91 Å². The molecule has 1 aliphatic rings. The third kappa shape index (κ3) is 4.02. The van der Waals surface area contributed by atoms with Crippen molar-refractivity contribution in [3.05, 3.63) is 54.1 Å². The maximum atomic E-state index is 12.2. The van der Waals surface area contributed by atoms with Crippen LogP contribution >= 0.6 is 0 Å². The lowest BCUT2D eigenvalue weighted by atomic mass is 10.2. The number of carbonyl (C=O) groups excluding carboxylic acids is 1. The molecule has 1 fully saturated rings. The normalized spacial score (nSPS) is 17.0. The van der Waals surface area contributed by atoms with Crippen LogP contribution in [0.25, 0.3) is 0 Å². The van der Waals surface area contributed by atoms with Crippen molar-refractivity contribution >= 4 is 11.6 Å². The van der Waals surface area contributed by atoms with Crippen LogP contribution in [0.1, 0.15) is 23.2 Å². The molecular formula is C18H19NO4. The van der Waals surface area contributed by atoms with Gasteiger partial charge in [0.15, 0.2) is 0 Å². The van der Waals surface area contributed by atoms with Crippen LogP contribution in [0.3, 0.4) is 0 Å². The number of nitrogens with one attached hydrogen (secondary N) is 1. The second kappa shape index (κ2) is 7.15. The molecule has 1 saturated heterocycles. The molecule has 0 aromatic heterocycles. The summed E-state index contributed by atoms with van der Waals surface area (Å²) in [6.07, 6.45) is 2.28. The molecule has 0 bridgehead atoms. The van der Waals surface area contributed by atoms with Crippen LogP contribution in [-0.4, -0.2) is 30.3 Å². The minimum absolute atomic E-state index is 0.0392. The van der Waals surface area contributed by atoms with Crippen LogP contribution in [-0.2, 0) is 4.74 Å². The van der Waals surface area contributed by atoms with Gasteiger partial charge in [0, 0.05) is 12.2 Å². The summed E-state index contributed by atoms with van der Waals surface area (Å²) in [5, 5.41) is 12.4. The first kappa shape index (κ1) is 15.4. The maximum absolute atomic E-state index is 12.2. The van der Waals surface area contributed by atoms with E-state index < -0.39 is 0 Å². The standard InChI is InChI=1S/C18H19NO4/c20-17-6-2-1-5-16(17)19-18(21)13-7-9-14(10-8-13)23-12-15-4-3-11-22-15/h1-2,5-10,15,20H,3-4,11-12H2,(H,19,21). The van der Waals surface area contributed by atoms with Gasteiger partial charge in [-0.3, -0.25) is 4.79 Å². The van der Waals surface area contributed by atoms with Crippen molar-refractivity contribution in [1.29, 1.82) is 0 Å². The van der Waals surface area contributed by atoms with Gasteiger partial charge in [0.05, 0.1) is 11.8 Å². The molecule has 1 aliphatic heterocycles. The van der Waals surface area contributed by atoms with Crippen molar-refractivity contribution in [3.8, 4) is 11.5 Å². The molecule has 2 N–H and O–H groups in total. The first-order chi connectivity index (χ1) is 11.2. The molecule has 23 heavy (non-hydrogen) atoms. The predicted octanol–water partition coefficient (Wildman–Crippen LogP) is 3.20. The number of ether oxygens (including phenoxy) is 2. The molecule has 0 spiro atoms. The highest BCUT2D eigenvalue weighted by Crippen LogP contribution is 2.23. The van der Waals surface area contributed by atoms with Crippen LogP contribution in [0.4, 0.5) is 5.69 Å². The Balaban J connectivity index is 1.57. The van der Waals surface area contributed by atoms with Crippen molar-refractivity contribution in [2.24, 2.45) is 0 Å². The van der Waals surface area contributed by atoms with Gasteiger partial charge in [0.2, 0.25) is 0 Å². The molecule has 120 valence electrons. The summed E-state index contributed by atoms with van der Waals surface area (Å²) in [5.41, 5.74) is 0.883. The van der Waals surface area contributed by atoms with E-state index in [1.807, 2.05) is 0 Å². The Hall–Kier alpha value is -2.53. The van der Waals surface area contributed by atoms with E-state index >= 15 is 0 Å². The van der Waals surface area contributed by atoms with Crippen LogP contribution in [0, 0.1) is 0 Å². The van der Waals surface area contributed by atoms with E-state index in [4.69, 9.17) is 9.47 Å². The Labute approximate surface area is 134 Å². The van der Waals surface area contributed by atoms with Crippen LogP contribution in [0.2, 0.25) is 0 Å². The van der Waals surface area contributed by atoms with Crippen molar-refractivity contribution in [2.75, 3.05) is 18.5 Å². The Bertz CT molecular complexity index is 663. The zero-order chi connectivity index (χ0) is 16.1. The molecule has 1 heterocycles. The summed E-state index contributed by atoms with van der Waals surface area (Å²) < 4.78 is 11.2. The van der Waals surface area contributed by atoms with Crippen LogP contribution in [0.5, 0.6) is 11.5 Å². The predicted molar refractivity (Wildman–Crippen MR) is 87.0 cm³/mol. The fourth-order valence-electron chi connectivity index (χ4n) is 2.44. The van der Waals surface area contributed by atoms with Gasteiger partial charge in [-0.25, -0.2) is 0 Å². The lowest BCUT2D eigenvalue weighted by Gasteiger charge is -2.12. The molecule has 5 heteroatoms. The first-order valence-corrected chi connectivity index (χ1v) is 7.66. The van der Waals surface area contributed by atoms with E-state index in [0.717, 1.165) is 19.4 Å². The number of rotatable bonds is 5. The summed E-state index contributed by atoms with van der Waals surface area (Å²) in [5.74, 6) is 0.467. The highest BCUT2D eigenvalue weighted by molar-refractivity contribution is 6.05. The fraction of sp³-hybridized carbons (Fsp3) is 0.278. The number of phenols is 1. The third-order valence-corrected chi connectivity index (χ3v) is 3.73. The Kier molecular flexibility index (Phi) is 4.78. The number of anilines is 1. The number of para-hydroxylation sites is 2. The Morgan fingerprint density at radius 2 is 2.00 bits per heavy atom. The molecule has 0 aliphatic carbocycles. The summed E-state index contributed by atoms with van der Waals surface area (Å²) in [6, 6.07) is 13.5. The van der Waals surface area contributed by atoms with Crippen molar-refractivity contribution in [1.82, 2.24) is 0 Å². The minimum atomic E-state index is -0.280. The molecule has 0 saturated carbocycles. The van der Waals surface area contributed by atoms with E-state index in [1.54, 1.807) is 42.5 Å². The number of aromatic hydroxyl groups is 1. The summed E-state index contributed by atoms with van der Waals surface area (Å²) in [7, 11) is 0. The van der Waals surface area contributed by atoms with Gasteiger partial charge in [0.1, 0.15) is 18.1 Å². The number of benzene rings is 2. The van der Waals surface area contributed by atoms with E-state index in [-0.39, 0.29) is 17.8 Å². The van der Waals surface area contributed by atoms with Crippen molar-refractivity contribution in [2.45, 2.75) is 18.9 Å². The topological polar surface area (TPSA) is 67.8 Å².